The van der Waals surface area contributed by atoms with Gasteiger partial charge in [-0.25, -0.2) is 0 Å². The van der Waals surface area contributed by atoms with Gasteiger partial charge in [0.1, 0.15) is 11.5 Å². The van der Waals surface area contributed by atoms with Crippen LogP contribution in [0.15, 0.2) is 72.8 Å². The fraction of sp³-hybridized carbons (Fsp3) is 0.276. The summed E-state index contributed by atoms with van der Waals surface area (Å²) in [5.74, 6) is 0.157. The minimum atomic E-state index is -0.535. The normalized spacial score (nSPS) is 15.0. The summed E-state index contributed by atoms with van der Waals surface area (Å²) in [5.41, 5.74) is 2.36. The zero-order valence-electron chi connectivity index (χ0n) is 21.2. The molecule has 1 saturated heterocycles. The van der Waals surface area contributed by atoms with E-state index in [2.05, 4.69) is 10.6 Å². The van der Waals surface area contributed by atoms with Gasteiger partial charge in [-0.1, -0.05) is 24.3 Å². The maximum absolute atomic E-state index is 13.1. The Kier molecular flexibility index (Phi) is 8.08. The van der Waals surface area contributed by atoms with Crippen molar-refractivity contribution in [3.63, 3.8) is 0 Å². The number of nitrogens with zero attached hydrogens (tertiary/aromatic N) is 1. The van der Waals surface area contributed by atoms with Crippen molar-refractivity contribution in [2.45, 2.75) is 32.9 Å². The summed E-state index contributed by atoms with van der Waals surface area (Å²) in [6.45, 7) is 4.47. The minimum Gasteiger partial charge on any atom is -0.497 e. The Morgan fingerprint density at radius 2 is 1.76 bits per heavy atom. The van der Waals surface area contributed by atoms with E-state index in [9.17, 15) is 14.4 Å². The highest BCUT2D eigenvalue weighted by atomic mass is 16.5. The zero-order valence-corrected chi connectivity index (χ0v) is 21.2. The van der Waals surface area contributed by atoms with Crippen molar-refractivity contribution in [1.29, 1.82) is 0 Å². The van der Waals surface area contributed by atoms with Crippen molar-refractivity contribution in [3.05, 3.63) is 83.9 Å². The summed E-state index contributed by atoms with van der Waals surface area (Å²) in [6.07, 6.45) is 0.152. The number of carbonyl (C=O) groups excluding carboxylic acids is 3. The first-order chi connectivity index (χ1) is 17.8. The van der Waals surface area contributed by atoms with E-state index in [0.29, 0.717) is 29.2 Å². The van der Waals surface area contributed by atoms with Gasteiger partial charge < -0.3 is 25.0 Å². The van der Waals surface area contributed by atoms with Gasteiger partial charge >= 0.3 is 0 Å². The van der Waals surface area contributed by atoms with Crippen LogP contribution >= 0.6 is 0 Å². The highest BCUT2D eigenvalue weighted by Crippen LogP contribution is 2.28. The number of anilines is 2. The maximum atomic E-state index is 13.1. The van der Waals surface area contributed by atoms with Crippen LogP contribution < -0.4 is 25.0 Å². The molecule has 0 radical (unpaired) electrons. The van der Waals surface area contributed by atoms with Crippen molar-refractivity contribution < 1.29 is 23.9 Å². The predicted octanol–water partition coefficient (Wildman–Crippen LogP) is 4.40. The number of benzene rings is 3. The first-order valence-electron chi connectivity index (χ1n) is 12.2. The molecule has 1 heterocycles. The lowest BCUT2D eigenvalue weighted by molar-refractivity contribution is -0.122. The van der Waals surface area contributed by atoms with Gasteiger partial charge in [0.05, 0.1) is 30.4 Å². The summed E-state index contributed by atoms with van der Waals surface area (Å²) >= 11 is 0. The average molecular weight is 502 g/mol. The molecule has 4 rings (SSSR count). The number of methoxy groups -OCH3 is 1. The zero-order chi connectivity index (χ0) is 26.4. The highest BCUT2D eigenvalue weighted by molar-refractivity contribution is 6.07. The molecule has 0 spiro atoms. The number of carbonyl (C=O) groups is 3. The molecule has 3 amide bonds. The second-order valence-corrected chi connectivity index (χ2v) is 9.13. The lowest BCUT2D eigenvalue weighted by Gasteiger charge is -2.18. The van der Waals surface area contributed by atoms with Crippen molar-refractivity contribution in [2.24, 2.45) is 5.92 Å². The van der Waals surface area contributed by atoms with Crippen molar-refractivity contribution >= 4 is 29.1 Å². The Bertz CT molecular complexity index is 1270. The van der Waals surface area contributed by atoms with Gasteiger partial charge in [0, 0.05) is 25.2 Å². The molecule has 3 aromatic rings. The lowest BCUT2D eigenvalue weighted by atomic mass is 10.1. The first-order valence-corrected chi connectivity index (χ1v) is 12.2. The van der Waals surface area contributed by atoms with Crippen molar-refractivity contribution in [3.8, 4) is 11.5 Å². The van der Waals surface area contributed by atoms with Crippen molar-refractivity contribution in [2.75, 3.05) is 23.9 Å². The second-order valence-electron chi connectivity index (χ2n) is 9.13. The van der Waals surface area contributed by atoms with Crippen molar-refractivity contribution in [1.82, 2.24) is 5.32 Å². The fourth-order valence-electron chi connectivity index (χ4n) is 4.19. The highest BCUT2D eigenvalue weighted by Gasteiger charge is 2.35. The Labute approximate surface area is 216 Å². The molecule has 2 N–H and O–H groups in total. The monoisotopic (exact) mass is 501 g/mol. The molecule has 1 atom stereocenters. The Morgan fingerprint density at radius 3 is 2.49 bits per heavy atom. The van der Waals surface area contributed by atoms with Gasteiger partial charge in [-0.2, -0.15) is 0 Å². The van der Waals surface area contributed by atoms with E-state index in [-0.39, 0.29) is 36.8 Å². The standard InChI is InChI=1S/C29H31N3O5/c1-19(2)37-23-13-11-22(12-14-23)32-18-21(16-27(32)33)28(34)31-26-10-5-4-9-25(26)29(35)30-17-20-7-6-8-24(15-20)36-3/h4-15,19,21H,16-18H2,1-3H3,(H,30,35)(H,31,34)/t21-/m0/s1. The topological polar surface area (TPSA) is 97.0 Å². The molecule has 8 nitrogen and oxygen atoms in total. The number of rotatable bonds is 9. The van der Waals surface area contributed by atoms with Crippen LogP contribution in [0.25, 0.3) is 0 Å². The summed E-state index contributed by atoms with van der Waals surface area (Å²) in [6, 6.07) is 21.5. The fourth-order valence-corrected chi connectivity index (χ4v) is 4.19. The number of ether oxygens (including phenoxy) is 2. The summed E-state index contributed by atoms with van der Waals surface area (Å²) in [5, 5.41) is 5.74. The average Bonchev–Trinajstić information content (AvgIpc) is 3.29. The second kappa shape index (κ2) is 11.6. The van der Waals surface area contributed by atoms with Crippen LogP contribution in [0.4, 0.5) is 11.4 Å². The Morgan fingerprint density at radius 1 is 1.00 bits per heavy atom. The van der Waals surface area contributed by atoms with E-state index in [1.165, 1.54) is 0 Å². The molecular formula is C29H31N3O5. The molecule has 1 aliphatic heterocycles. The van der Waals surface area contributed by atoms with Gasteiger partial charge in [-0.15, -0.1) is 0 Å². The van der Waals surface area contributed by atoms with Gasteiger partial charge in [-0.3, -0.25) is 14.4 Å². The molecule has 37 heavy (non-hydrogen) atoms. The van der Waals surface area contributed by atoms with Gasteiger partial charge in [-0.05, 0) is 67.9 Å². The molecule has 0 saturated carbocycles. The van der Waals surface area contributed by atoms with E-state index in [4.69, 9.17) is 9.47 Å². The number of hydrogen-bond acceptors (Lipinski definition) is 5. The molecular weight excluding hydrogens is 470 g/mol. The van der Waals surface area contributed by atoms with Gasteiger partial charge in [0.15, 0.2) is 0 Å². The number of para-hydroxylation sites is 1. The lowest BCUT2D eigenvalue weighted by Crippen LogP contribution is -2.29. The van der Waals surface area contributed by atoms with Crippen LogP contribution in [0.1, 0.15) is 36.2 Å². The van der Waals surface area contributed by atoms with E-state index in [1.54, 1.807) is 36.3 Å². The van der Waals surface area contributed by atoms with Crippen LogP contribution in [0.3, 0.4) is 0 Å². The molecule has 8 heteroatoms. The van der Waals surface area contributed by atoms with Crippen LogP contribution in [0, 0.1) is 5.92 Å². The smallest absolute Gasteiger partial charge is 0.253 e. The molecule has 0 aromatic heterocycles. The van der Waals surface area contributed by atoms with E-state index >= 15 is 0 Å². The van der Waals surface area contributed by atoms with Crippen LogP contribution in [0.5, 0.6) is 11.5 Å². The van der Waals surface area contributed by atoms with E-state index in [0.717, 1.165) is 11.3 Å². The number of hydrogen-bond donors (Lipinski definition) is 2. The molecule has 0 unspecified atom stereocenters. The van der Waals surface area contributed by atoms with Crippen LogP contribution in [0.2, 0.25) is 0 Å². The maximum Gasteiger partial charge on any atom is 0.253 e. The summed E-state index contributed by atoms with van der Waals surface area (Å²) in [7, 11) is 1.59. The van der Waals surface area contributed by atoms with Crippen LogP contribution in [-0.4, -0.2) is 37.5 Å². The molecule has 3 aromatic carbocycles. The summed E-state index contributed by atoms with van der Waals surface area (Å²) < 4.78 is 10.9. The third kappa shape index (κ3) is 6.46. The van der Waals surface area contributed by atoms with Gasteiger partial charge in [0.2, 0.25) is 11.8 Å². The Hall–Kier alpha value is -4.33. The quantitative estimate of drug-likeness (QED) is 0.453. The molecule has 1 aliphatic rings. The number of amides is 3. The van der Waals surface area contributed by atoms with Gasteiger partial charge in [0.25, 0.3) is 5.91 Å². The number of nitrogens with one attached hydrogen (secondary N) is 2. The molecule has 192 valence electrons. The molecule has 1 fully saturated rings. The Balaban J connectivity index is 1.39. The predicted molar refractivity (Wildman–Crippen MR) is 142 cm³/mol. The van der Waals surface area contributed by atoms with Crippen LogP contribution in [-0.2, 0) is 16.1 Å². The first kappa shape index (κ1) is 25.8. The largest absolute Gasteiger partial charge is 0.497 e. The third-order valence-corrected chi connectivity index (χ3v) is 6.03. The van der Waals surface area contributed by atoms with E-state index < -0.39 is 5.92 Å². The van der Waals surface area contributed by atoms with E-state index in [1.807, 2.05) is 62.4 Å². The minimum absolute atomic E-state index is 0.0548. The third-order valence-electron chi connectivity index (χ3n) is 6.03. The summed E-state index contributed by atoms with van der Waals surface area (Å²) in [4.78, 5) is 40.3. The molecule has 0 bridgehead atoms. The SMILES string of the molecule is COc1cccc(CNC(=O)c2ccccc2NC(=O)[C@H]2CC(=O)N(c3ccc(OC(C)C)cc3)C2)c1. The molecule has 0 aliphatic carbocycles.